The fourth-order valence-corrected chi connectivity index (χ4v) is 2.15. The first-order valence-corrected chi connectivity index (χ1v) is 6.63. The minimum atomic E-state index is -1.14. The zero-order valence-electron chi connectivity index (χ0n) is 10.7. The standard InChI is InChI=1S/C13H15ClN2O4/c14-11-4-3-8(6-10(11)12(17)18)16-13(19)15-7-9-2-1-5-20-9/h3-4,6,9H,1-2,5,7H2,(H,17,18)(H2,15,16,19). The van der Waals surface area contributed by atoms with E-state index in [1.807, 2.05) is 0 Å². The number of aromatic carboxylic acids is 1. The van der Waals surface area contributed by atoms with Gasteiger partial charge in [-0.2, -0.15) is 0 Å². The Hall–Kier alpha value is -1.79. The van der Waals surface area contributed by atoms with Gasteiger partial charge in [-0.15, -0.1) is 0 Å². The molecule has 0 aromatic heterocycles. The number of amides is 2. The lowest BCUT2D eigenvalue weighted by molar-refractivity contribution is 0.0697. The number of halogens is 1. The van der Waals surface area contributed by atoms with Crippen molar-refractivity contribution in [1.29, 1.82) is 0 Å². The normalized spacial score (nSPS) is 17.8. The molecule has 2 amide bonds. The Balaban J connectivity index is 1.90. The van der Waals surface area contributed by atoms with E-state index in [-0.39, 0.29) is 16.7 Å². The van der Waals surface area contributed by atoms with Crippen LogP contribution >= 0.6 is 11.6 Å². The monoisotopic (exact) mass is 298 g/mol. The Labute approximate surface area is 121 Å². The van der Waals surface area contributed by atoms with E-state index in [9.17, 15) is 9.59 Å². The van der Waals surface area contributed by atoms with Crippen LogP contribution < -0.4 is 10.6 Å². The van der Waals surface area contributed by atoms with Crippen molar-refractivity contribution in [3.05, 3.63) is 28.8 Å². The third kappa shape index (κ3) is 3.85. The fourth-order valence-electron chi connectivity index (χ4n) is 1.95. The van der Waals surface area contributed by atoms with E-state index in [0.717, 1.165) is 19.4 Å². The molecule has 1 saturated heterocycles. The maximum absolute atomic E-state index is 11.7. The number of rotatable bonds is 4. The second-order valence-corrected chi connectivity index (χ2v) is 4.88. The van der Waals surface area contributed by atoms with Gasteiger partial charge in [0.05, 0.1) is 16.7 Å². The van der Waals surface area contributed by atoms with Crippen molar-refractivity contribution < 1.29 is 19.4 Å². The second-order valence-electron chi connectivity index (χ2n) is 4.47. The quantitative estimate of drug-likeness (QED) is 0.796. The topological polar surface area (TPSA) is 87.7 Å². The molecule has 0 saturated carbocycles. The first-order chi connectivity index (χ1) is 9.56. The number of urea groups is 1. The zero-order valence-corrected chi connectivity index (χ0v) is 11.4. The molecule has 0 radical (unpaired) electrons. The highest BCUT2D eigenvalue weighted by Gasteiger charge is 2.16. The van der Waals surface area contributed by atoms with Crippen LogP contribution in [0.25, 0.3) is 0 Å². The number of ether oxygens (including phenoxy) is 1. The van der Waals surface area contributed by atoms with Gasteiger partial charge < -0.3 is 20.5 Å². The van der Waals surface area contributed by atoms with E-state index in [1.165, 1.54) is 12.1 Å². The van der Waals surface area contributed by atoms with Crippen molar-refractivity contribution in [2.75, 3.05) is 18.5 Å². The molecule has 1 fully saturated rings. The Bertz CT molecular complexity index is 515. The Morgan fingerprint density at radius 1 is 1.45 bits per heavy atom. The molecule has 6 nitrogen and oxygen atoms in total. The average Bonchev–Trinajstić information content (AvgIpc) is 2.91. The smallest absolute Gasteiger partial charge is 0.337 e. The van der Waals surface area contributed by atoms with Crippen LogP contribution in [0.2, 0.25) is 5.02 Å². The van der Waals surface area contributed by atoms with Crippen molar-refractivity contribution in [2.24, 2.45) is 0 Å². The van der Waals surface area contributed by atoms with Gasteiger partial charge in [-0.05, 0) is 31.0 Å². The van der Waals surface area contributed by atoms with Crippen LogP contribution in [0.15, 0.2) is 18.2 Å². The summed E-state index contributed by atoms with van der Waals surface area (Å²) < 4.78 is 5.38. The van der Waals surface area contributed by atoms with Crippen molar-refractivity contribution in [2.45, 2.75) is 18.9 Å². The molecule has 7 heteroatoms. The Kier molecular flexibility index (Phi) is 4.81. The number of anilines is 1. The molecule has 1 heterocycles. The van der Waals surface area contributed by atoms with Crippen LogP contribution in [0.4, 0.5) is 10.5 Å². The van der Waals surface area contributed by atoms with Crippen LogP contribution in [0.3, 0.4) is 0 Å². The summed E-state index contributed by atoms with van der Waals surface area (Å²) in [4.78, 5) is 22.6. The van der Waals surface area contributed by atoms with E-state index in [2.05, 4.69) is 10.6 Å². The molecule has 2 rings (SSSR count). The minimum absolute atomic E-state index is 0.0522. The van der Waals surface area contributed by atoms with Crippen molar-refractivity contribution in [1.82, 2.24) is 5.32 Å². The zero-order chi connectivity index (χ0) is 14.5. The average molecular weight is 299 g/mol. The number of carbonyl (C=O) groups excluding carboxylic acids is 1. The molecule has 1 atom stereocenters. The van der Waals surface area contributed by atoms with Gasteiger partial charge in [0, 0.05) is 18.8 Å². The number of carbonyl (C=O) groups is 2. The third-order valence-corrected chi connectivity index (χ3v) is 3.30. The largest absolute Gasteiger partial charge is 0.478 e. The highest BCUT2D eigenvalue weighted by atomic mass is 35.5. The van der Waals surface area contributed by atoms with E-state index in [1.54, 1.807) is 6.07 Å². The van der Waals surface area contributed by atoms with Crippen molar-refractivity contribution in [3.8, 4) is 0 Å². The van der Waals surface area contributed by atoms with Gasteiger partial charge in [0.15, 0.2) is 0 Å². The fraction of sp³-hybridized carbons (Fsp3) is 0.385. The summed E-state index contributed by atoms with van der Waals surface area (Å²) >= 11 is 5.75. The lowest BCUT2D eigenvalue weighted by Gasteiger charge is -2.12. The molecule has 108 valence electrons. The minimum Gasteiger partial charge on any atom is -0.478 e. The summed E-state index contributed by atoms with van der Waals surface area (Å²) in [5, 5.41) is 14.3. The van der Waals surface area contributed by atoms with Crippen molar-refractivity contribution in [3.63, 3.8) is 0 Å². The van der Waals surface area contributed by atoms with E-state index < -0.39 is 12.0 Å². The van der Waals surface area contributed by atoms with Gasteiger partial charge in [-0.3, -0.25) is 0 Å². The molecule has 1 aliphatic rings. The molecule has 0 aliphatic carbocycles. The summed E-state index contributed by atoms with van der Waals surface area (Å²) in [6.45, 7) is 1.17. The van der Waals surface area contributed by atoms with Crippen molar-refractivity contribution >= 4 is 29.3 Å². The summed E-state index contributed by atoms with van der Waals surface area (Å²) in [6, 6.07) is 3.89. The van der Waals surface area contributed by atoms with E-state index in [0.29, 0.717) is 12.2 Å². The highest BCUT2D eigenvalue weighted by molar-refractivity contribution is 6.33. The van der Waals surface area contributed by atoms with Crippen LogP contribution in [-0.2, 0) is 4.74 Å². The predicted octanol–water partition coefficient (Wildman–Crippen LogP) is 2.34. The lowest BCUT2D eigenvalue weighted by Crippen LogP contribution is -2.35. The SMILES string of the molecule is O=C(NCC1CCCO1)Nc1ccc(Cl)c(C(=O)O)c1. The van der Waals surface area contributed by atoms with Gasteiger partial charge in [0.2, 0.25) is 0 Å². The Morgan fingerprint density at radius 2 is 2.25 bits per heavy atom. The van der Waals surface area contributed by atoms with Crippen LogP contribution in [0.5, 0.6) is 0 Å². The molecule has 1 aliphatic heterocycles. The van der Waals surface area contributed by atoms with Crippen LogP contribution in [0.1, 0.15) is 23.2 Å². The number of hydrogen-bond donors (Lipinski definition) is 3. The highest BCUT2D eigenvalue weighted by Crippen LogP contribution is 2.20. The molecule has 1 aromatic carbocycles. The van der Waals surface area contributed by atoms with Gasteiger partial charge in [0.25, 0.3) is 0 Å². The number of carboxylic acid groups (broad SMARTS) is 1. The second kappa shape index (κ2) is 6.58. The van der Waals surface area contributed by atoms with Crippen LogP contribution in [0, 0.1) is 0 Å². The maximum atomic E-state index is 11.7. The first-order valence-electron chi connectivity index (χ1n) is 6.25. The summed E-state index contributed by atoms with van der Waals surface area (Å²) in [7, 11) is 0. The number of carboxylic acids is 1. The van der Waals surface area contributed by atoms with Gasteiger partial charge in [0.1, 0.15) is 0 Å². The summed E-state index contributed by atoms with van der Waals surface area (Å²) in [5.41, 5.74) is 0.320. The molecule has 1 aromatic rings. The van der Waals surface area contributed by atoms with E-state index >= 15 is 0 Å². The molecule has 0 spiro atoms. The summed E-state index contributed by atoms with van der Waals surface area (Å²) in [6.07, 6.45) is 2.00. The predicted molar refractivity (Wildman–Crippen MR) is 74.4 cm³/mol. The lowest BCUT2D eigenvalue weighted by atomic mass is 10.2. The Morgan fingerprint density at radius 3 is 2.90 bits per heavy atom. The van der Waals surface area contributed by atoms with Crippen LogP contribution in [-0.4, -0.2) is 36.4 Å². The molecular weight excluding hydrogens is 284 g/mol. The van der Waals surface area contributed by atoms with Gasteiger partial charge in [-0.1, -0.05) is 11.6 Å². The molecule has 0 bridgehead atoms. The number of benzene rings is 1. The third-order valence-electron chi connectivity index (χ3n) is 2.97. The number of nitrogens with one attached hydrogen (secondary N) is 2. The van der Waals surface area contributed by atoms with E-state index in [4.69, 9.17) is 21.4 Å². The maximum Gasteiger partial charge on any atom is 0.337 e. The number of hydrogen-bond acceptors (Lipinski definition) is 3. The molecule has 20 heavy (non-hydrogen) atoms. The molecular formula is C13H15ClN2O4. The van der Waals surface area contributed by atoms with Gasteiger partial charge >= 0.3 is 12.0 Å². The molecule has 1 unspecified atom stereocenters. The first kappa shape index (κ1) is 14.6. The molecule has 3 N–H and O–H groups in total. The summed E-state index contributed by atoms with van der Waals surface area (Å²) in [5.74, 6) is -1.14. The van der Waals surface area contributed by atoms with Gasteiger partial charge in [-0.25, -0.2) is 9.59 Å².